The first-order chi connectivity index (χ1) is 8.60. The molecule has 2 amide bonds. The lowest BCUT2D eigenvalue weighted by Crippen LogP contribution is -2.47. The lowest BCUT2D eigenvalue weighted by Gasteiger charge is -2.27. The Balaban J connectivity index is 2.69. The van der Waals surface area contributed by atoms with E-state index in [2.05, 4.69) is 10.0 Å². The van der Waals surface area contributed by atoms with Crippen molar-refractivity contribution in [3.8, 4) is 0 Å². The van der Waals surface area contributed by atoms with E-state index in [4.69, 9.17) is 11.3 Å². The molecule has 0 saturated carbocycles. The average molecular weight is 253 g/mol. The SMILES string of the molecule is CCC(C(N)=O)N1CCC(CN=[N+]=[N-])CCC1=O. The summed E-state index contributed by atoms with van der Waals surface area (Å²) < 4.78 is 0. The molecule has 1 heterocycles. The van der Waals surface area contributed by atoms with Gasteiger partial charge in [0, 0.05) is 24.4 Å². The van der Waals surface area contributed by atoms with Crippen LogP contribution in [0.5, 0.6) is 0 Å². The van der Waals surface area contributed by atoms with Crippen LogP contribution in [0.25, 0.3) is 10.4 Å². The molecule has 7 nitrogen and oxygen atoms in total. The van der Waals surface area contributed by atoms with E-state index in [1.54, 1.807) is 4.90 Å². The number of hydrogen-bond acceptors (Lipinski definition) is 3. The summed E-state index contributed by atoms with van der Waals surface area (Å²) in [6.07, 6.45) is 2.36. The predicted octanol–water partition coefficient (Wildman–Crippen LogP) is 1.19. The summed E-state index contributed by atoms with van der Waals surface area (Å²) in [5.41, 5.74) is 13.6. The molecular formula is C11H19N5O2. The molecule has 2 unspecified atom stereocenters. The van der Waals surface area contributed by atoms with Gasteiger partial charge in [-0.1, -0.05) is 12.0 Å². The van der Waals surface area contributed by atoms with E-state index in [-0.39, 0.29) is 11.8 Å². The standard InChI is InChI=1S/C11H19N5O2/c1-2-9(11(12)18)16-6-5-8(7-14-15-13)3-4-10(16)17/h8-9H,2-7H2,1H3,(H2,12,18). The quantitative estimate of drug-likeness (QED) is 0.450. The van der Waals surface area contributed by atoms with E-state index in [1.807, 2.05) is 6.92 Å². The number of carbonyl (C=O) groups excluding carboxylic acids is 2. The summed E-state index contributed by atoms with van der Waals surface area (Å²) in [5, 5.41) is 3.55. The van der Waals surface area contributed by atoms with Crippen LogP contribution in [0.15, 0.2) is 5.11 Å². The van der Waals surface area contributed by atoms with Crippen LogP contribution in [0.1, 0.15) is 32.6 Å². The van der Waals surface area contributed by atoms with Gasteiger partial charge in [-0.25, -0.2) is 0 Å². The Bertz CT molecular complexity index is 364. The highest BCUT2D eigenvalue weighted by atomic mass is 16.2. The largest absolute Gasteiger partial charge is 0.368 e. The third-order valence-electron chi connectivity index (χ3n) is 3.36. The van der Waals surface area contributed by atoms with Gasteiger partial charge in [0.05, 0.1) is 0 Å². The Hall–Kier alpha value is -1.75. The van der Waals surface area contributed by atoms with Crippen molar-refractivity contribution in [3.05, 3.63) is 10.4 Å². The van der Waals surface area contributed by atoms with Crippen molar-refractivity contribution in [2.24, 2.45) is 16.8 Å². The Morgan fingerprint density at radius 2 is 2.39 bits per heavy atom. The Kier molecular flexibility index (Phi) is 5.45. The van der Waals surface area contributed by atoms with E-state index in [1.165, 1.54) is 0 Å². The van der Waals surface area contributed by atoms with Crippen molar-refractivity contribution in [2.45, 2.75) is 38.6 Å². The molecule has 7 heteroatoms. The molecule has 2 N–H and O–H groups in total. The van der Waals surface area contributed by atoms with Gasteiger partial charge in [-0.3, -0.25) is 9.59 Å². The van der Waals surface area contributed by atoms with Crippen LogP contribution in [0, 0.1) is 5.92 Å². The minimum absolute atomic E-state index is 0.0379. The van der Waals surface area contributed by atoms with Crippen LogP contribution in [0.3, 0.4) is 0 Å². The number of rotatable bonds is 5. The molecule has 0 aliphatic carbocycles. The maximum absolute atomic E-state index is 12.0. The third-order valence-corrected chi connectivity index (χ3v) is 3.36. The Morgan fingerprint density at radius 3 is 2.94 bits per heavy atom. The first-order valence-corrected chi connectivity index (χ1v) is 6.19. The van der Waals surface area contributed by atoms with Crippen molar-refractivity contribution in [1.29, 1.82) is 0 Å². The molecule has 0 aromatic heterocycles. The zero-order valence-corrected chi connectivity index (χ0v) is 10.6. The van der Waals surface area contributed by atoms with Crippen molar-refractivity contribution in [2.75, 3.05) is 13.1 Å². The molecular weight excluding hydrogens is 234 g/mol. The number of carbonyl (C=O) groups is 2. The molecule has 0 aromatic rings. The monoisotopic (exact) mass is 253 g/mol. The van der Waals surface area contributed by atoms with E-state index < -0.39 is 11.9 Å². The molecule has 1 aliphatic heterocycles. The van der Waals surface area contributed by atoms with Gasteiger partial charge in [-0.15, -0.1) is 0 Å². The van der Waals surface area contributed by atoms with Gasteiger partial charge < -0.3 is 10.6 Å². The molecule has 0 aromatic carbocycles. The second-order valence-corrected chi connectivity index (χ2v) is 4.52. The molecule has 1 aliphatic rings. The lowest BCUT2D eigenvalue weighted by atomic mass is 10.0. The fourth-order valence-corrected chi connectivity index (χ4v) is 2.30. The van der Waals surface area contributed by atoms with Crippen LogP contribution in [0.4, 0.5) is 0 Å². The summed E-state index contributed by atoms with van der Waals surface area (Å²) in [6.45, 7) is 2.75. The molecule has 1 rings (SSSR count). The molecule has 1 fully saturated rings. The van der Waals surface area contributed by atoms with Gasteiger partial charge in [0.25, 0.3) is 0 Å². The van der Waals surface area contributed by atoms with E-state index >= 15 is 0 Å². The zero-order chi connectivity index (χ0) is 13.5. The van der Waals surface area contributed by atoms with Gasteiger partial charge >= 0.3 is 0 Å². The topological polar surface area (TPSA) is 112 Å². The maximum Gasteiger partial charge on any atom is 0.240 e. The molecule has 0 spiro atoms. The van der Waals surface area contributed by atoms with Crippen molar-refractivity contribution in [1.82, 2.24) is 4.90 Å². The van der Waals surface area contributed by atoms with Gasteiger partial charge in [0.1, 0.15) is 6.04 Å². The number of likely N-dealkylation sites (tertiary alicyclic amines) is 1. The molecule has 18 heavy (non-hydrogen) atoms. The number of nitrogens with zero attached hydrogens (tertiary/aromatic N) is 4. The minimum atomic E-state index is -0.518. The van der Waals surface area contributed by atoms with Crippen LogP contribution >= 0.6 is 0 Å². The second-order valence-electron chi connectivity index (χ2n) is 4.52. The number of amides is 2. The third kappa shape index (κ3) is 3.63. The van der Waals surface area contributed by atoms with Gasteiger partial charge in [-0.2, -0.15) is 0 Å². The number of nitrogens with two attached hydrogens (primary N) is 1. The zero-order valence-electron chi connectivity index (χ0n) is 10.6. The first-order valence-electron chi connectivity index (χ1n) is 6.19. The fourth-order valence-electron chi connectivity index (χ4n) is 2.30. The van der Waals surface area contributed by atoms with Gasteiger partial charge in [0.2, 0.25) is 11.8 Å². The summed E-state index contributed by atoms with van der Waals surface area (Å²) in [6, 6.07) is -0.518. The van der Waals surface area contributed by atoms with Crippen LogP contribution < -0.4 is 5.73 Å². The minimum Gasteiger partial charge on any atom is -0.368 e. The number of hydrogen-bond donors (Lipinski definition) is 1. The highest BCUT2D eigenvalue weighted by molar-refractivity contribution is 5.86. The molecule has 2 atom stereocenters. The van der Waals surface area contributed by atoms with E-state index in [0.29, 0.717) is 32.4 Å². The molecule has 0 radical (unpaired) electrons. The van der Waals surface area contributed by atoms with Crippen molar-refractivity contribution < 1.29 is 9.59 Å². The summed E-state index contributed by atoms with van der Waals surface area (Å²) in [5.74, 6) is -0.288. The van der Waals surface area contributed by atoms with Crippen molar-refractivity contribution >= 4 is 11.8 Å². The van der Waals surface area contributed by atoms with E-state index in [0.717, 1.165) is 6.42 Å². The summed E-state index contributed by atoms with van der Waals surface area (Å²) >= 11 is 0. The normalized spacial score (nSPS) is 21.9. The van der Waals surface area contributed by atoms with Crippen LogP contribution in [0.2, 0.25) is 0 Å². The fraction of sp³-hybridized carbons (Fsp3) is 0.818. The average Bonchev–Trinajstić information content (AvgIpc) is 2.51. The van der Waals surface area contributed by atoms with E-state index in [9.17, 15) is 9.59 Å². The molecule has 0 bridgehead atoms. The molecule has 100 valence electrons. The second kappa shape index (κ2) is 6.86. The Labute approximate surface area is 106 Å². The van der Waals surface area contributed by atoms with Gasteiger partial charge in [-0.05, 0) is 30.7 Å². The Morgan fingerprint density at radius 1 is 1.67 bits per heavy atom. The lowest BCUT2D eigenvalue weighted by molar-refractivity contribution is -0.139. The summed E-state index contributed by atoms with van der Waals surface area (Å²) in [4.78, 5) is 27.6. The number of primary amides is 1. The van der Waals surface area contributed by atoms with Crippen LogP contribution in [-0.2, 0) is 9.59 Å². The van der Waals surface area contributed by atoms with Crippen molar-refractivity contribution in [3.63, 3.8) is 0 Å². The summed E-state index contributed by atoms with van der Waals surface area (Å²) in [7, 11) is 0. The highest BCUT2D eigenvalue weighted by Crippen LogP contribution is 2.21. The van der Waals surface area contributed by atoms with Gasteiger partial charge in [0.15, 0.2) is 0 Å². The first kappa shape index (κ1) is 14.3. The highest BCUT2D eigenvalue weighted by Gasteiger charge is 2.29. The number of azide groups is 1. The molecule has 1 saturated heterocycles. The predicted molar refractivity (Wildman–Crippen MR) is 66.3 cm³/mol. The van der Waals surface area contributed by atoms with Crippen LogP contribution in [-0.4, -0.2) is 35.8 Å². The smallest absolute Gasteiger partial charge is 0.240 e. The maximum atomic E-state index is 12.0.